The van der Waals surface area contributed by atoms with E-state index in [2.05, 4.69) is 15.1 Å². The zero-order valence-electron chi connectivity index (χ0n) is 12.9. The average molecular weight is 331 g/mol. The van der Waals surface area contributed by atoms with Crippen LogP contribution in [0.25, 0.3) is 16.8 Å². The van der Waals surface area contributed by atoms with Crippen molar-refractivity contribution in [3.05, 3.63) is 47.1 Å². The molecule has 0 bridgehead atoms. The Morgan fingerprint density at radius 3 is 2.87 bits per heavy atom. The Balaban J connectivity index is 2.18. The molecule has 0 N–H and O–H groups in total. The van der Waals surface area contributed by atoms with E-state index in [1.807, 2.05) is 19.1 Å². The van der Waals surface area contributed by atoms with Crippen LogP contribution in [0.1, 0.15) is 29.9 Å². The molecule has 0 spiro atoms. The molecule has 0 fully saturated rings. The quantitative estimate of drug-likeness (QED) is 0.689. The predicted molar refractivity (Wildman–Crippen MR) is 86.5 cm³/mol. The van der Waals surface area contributed by atoms with E-state index >= 15 is 0 Å². The molecule has 0 aliphatic rings. The van der Waals surface area contributed by atoms with Crippen LogP contribution in [-0.4, -0.2) is 31.7 Å². The van der Waals surface area contributed by atoms with Gasteiger partial charge in [-0.05, 0) is 39.0 Å². The molecule has 7 heteroatoms. The van der Waals surface area contributed by atoms with Crippen LogP contribution in [-0.2, 0) is 4.74 Å². The van der Waals surface area contributed by atoms with Gasteiger partial charge in [0.2, 0.25) is 0 Å². The third-order valence-corrected chi connectivity index (χ3v) is 3.50. The molecular weight excluding hydrogens is 316 g/mol. The fraction of sp³-hybridized carbons (Fsp3) is 0.250. The summed E-state index contributed by atoms with van der Waals surface area (Å²) in [6, 6.07) is 5.46. The molecule has 23 heavy (non-hydrogen) atoms. The average Bonchev–Trinajstić information content (AvgIpc) is 2.83. The lowest BCUT2D eigenvalue weighted by Gasteiger charge is -2.10. The van der Waals surface area contributed by atoms with Crippen LogP contribution in [0.15, 0.2) is 30.7 Å². The van der Waals surface area contributed by atoms with E-state index in [1.54, 1.807) is 24.4 Å². The van der Waals surface area contributed by atoms with Crippen LogP contribution in [0.3, 0.4) is 0 Å². The molecule has 0 atom stereocenters. The maximum Gasteiger partial charge on any atom is 0.342 e. The van der Waals surface area contributed by atoms with Gasteiger partial charge < -0.3 is 4.74 Å². The number of carbonyl (C=O) groups is 1. The van der Waals surface area contributed by atoms with Crippen molar-refractivity contribution in [3.63, 3.8) is 0 Å². The van der Waals surface area contributed by atoms with Crippen molar-refractivity contribution < 1.29 is 9.53 Å². The minimum absolute atomic E-state index is 0.219. The second kappa shape index (κ2) is 5.96. The number of aryl methyl sites for hydroxylation is 1. The third kappa shape index (κ3) is 2.90. The maximum absolute atomic E-state index is 12.3. The van der Waals surface area contributed by atoms with E-state index in [-0.39, 0.29) is 6.10 Å². The monoisotopic (exact) mass is 330 g/mol. The van der Waals surface area contributed by atoms with Gasteiger partial charge in [-0.3, -0.25) is 0 Å². The molecule has 6 nitrogen and oxygen atoms in total. The van der Waals surface area contributed by atoms with Gasteiger partial charge in [0.25, 0.3) is 0 Å². The SMILES string of the molecule is Cc1cc(-c2ncncc2C(=O)OC(C)C)c2ccc(Cl)nn12. The number of hydrogen-bond acceptors (Lipinski definition) is 5. The van der Waals surface area contributed by atoms with Crippen LogP contribution < -0.4 is 0 Å². The van der Waals surface area contributed by atoms with Crippen LogP contribution in [0.2, 0.25) is 5.15 Å². The van der Waals surface area contributed by atoms with E-state index in [0.717, 1.165) is 16.8 Å². The van der Waals surface area contributed by atoms with Gasteiger partial charge in [-0.25, -0.2) is 19.3 Å². The fourth-order valence-corrected chi connectivity index (χ4v) is 2.52. The minimum atomic E-state index is -0.450. The van der Waals surface area contributed by atoms with Crippen molar-refractivity contribution in [2.45, 2.75) is 26.9 Å². The number of nitrogens with zero attached hydrogens (tertiary/aromatic N) is 4. The van der Waals surface area contributed by atoms with Gasteiger partial charge in [-0.15, -0.1) is 0 Å². The fourth-order valence-electron chi connectivity index (χ4n) is 2.38. The Morgan fingerprint density at radius 2 is 2.13 bits per heavy atom. The highest BCUT2D eigenvalue weighted by Crippen LogP contribution is 2.29. The zero-order chi connectivity index (χ0) is 16.6. The first-order valence-electron chi connectivity index (χ1n) is 7.13. The number of aromatic nitrogens is 4. The largest absolute Gasteiger partial charge is 0.459 e. The lowest BCUT2D eigenvalue weighted by atomic mass is 10.1. The topological polar surface area (TPSA) is 69.4 Å². The molecule has 3 aromatic rings. The molecule has 3 heterocycles. The number of fused-ring (bicyclic) bond motifs is 1. The molecule has 0 saturated carbocycles. The van der Waals surface area contributed by atoms with Crippen LogP contribution in [0.4, 0.5) is 0 Å². The summed E-state index contributed by atoms with van der Waals surface area (Å²) >= 11 is 5.95. The van der Waals surface area contributed by atoms with E-state index < -0.39 is 5.97 Å². The number of carbonyl (C=O) groups excluding carboxylic acids is 1. The standard InChI is InChI=1S/C16H15ClN4O2/c1-9(2)23-16(22)12-7-18-8-19-15(12)11-6-10(3)21-13(11)4-5-14(17)20-21/h4-9H,1-3H3. The molecule has 0 unspecified atom stereocenters. The molecular formula is C16H15ClN4O2. The van der Waals surface area contributed by atoms with E-state index in [9.17, 15) is 4.79 Å². The lowest BCUT2D eigenvalue weighted by molar-refractivity contribution is 0.0378. The lowest BCUT2D eigenvalue weighted by Crippen LogP contribution is -2.13. The maximum atomic E-state index is 12.3. The summed E-state index contributed by atoms with van der Waals surface area (Å²) in [6.07, 6.45) is 2.65. The number of halogens is 1. The van der Waals surface area contributed by atoms with Gasteiger partial charge in [-0.2, -0.15) is 5.10 Å². The van der Waals surface area contributed by atoms with Gasteiger partial charge in [0, 0.05) is 17.5 Å². The van der Waals surface area contributed by atoms with Crippen LogP contribution in [0.5, 0.6) is 0 Å². The van der Waals surface area contributed by atoms with E-state index in [4.69, 9.17) is 16.3 Å². The molecule has 0 saturated heterocycles. The molecule has 0 aromatic carbocycles. The van der Waals surface area contributed by atoms with Crippen LogP contribution in [0, 0.1) is 6.92 Å². The van der Waals surface area contributed by atoms with Gasteiger partial charge in [0.15, 0.2) is 0 Å². The van der Waals surface area contributed by atoms with Gasteiger partial charge >= 0.3 is 5.97 Å². The summed E-state index contributed by atoms with van der Waals surface area (Å²) in [5.41, 5.74) is 3.32. The van der Waals surface area contributed by atoms with Gasteiger partial charge in [0.05, 0.1) is 17.3 Å². The Kier molecular flexibility index (Phi) is 4.00. The van der Waals surface area contributed by atoms with Crippen molar-refractivity contribution >= 4 is 23.1 Å². The summed E-state index contributed by atoms with van der Waals surface area (Å²) in [4.78, 5) is 20.5. The molecule has 0 aliphatic heterocycles. The van der Waals surface area contributed by atoms with Crippen molar-refractivity contribution in [2.24, 2.45) is 0 Å². The van der Waals surface area contributed by atoms with Gasteiger partial charge in [-0.1, -0.05) is 11.6 Å². The highest BCUT2D eigenvalue weighted by Gasteiger charge is 2.20. The van der Waals surface area contributed by atoms with Crippen molar-refractivity contribution in [1.29, 1.82) is 0 Å². The summed E-state index contributed by atoms with van der Waals surface area (Å²) in [5, 5.41) is 4.66. The summed E-state index contributed by atoms with van der Waals surface area (Å²) in [6.45, 7) is 5.50. The van der Waals surface area contributed by atoms with Crippen molar-refractivity contribution in [3.8, 4) is 11.3 Å². The van der Waals surface area contributed by atoms with Gasteiger partial charge in [0.1, 0.15) is 17.0 Å². The second-order valence-corrected chi connectivity index (χ2v) is 5.78. The number of esters is 1. The molecule has 3 rings (SSSR count). The summed E-state index contributed by atoms with van der Waals surface area (Å²) in [7, 11) is 0. The Hall–Kier alpha value is -2.47. The van der Waals surface area contributed by atoms with E-state index in [1.165, 1.54) is 12.5 Å². The molecule has 118 valence electrons. The first-order chi connectivity index (χ1) is 11.0. The van der Waals surface area contributed by atoms with Crippen molar-refractivity contribution in [1.82, 2.24) is 19.6 Å². The highest BCUT2D eigenvalue weighted by molar-refractivity contribution is 6.29. The Labute approximate surface area is 138 Å². The minimum Gasteiger partial charge on any atom is -0.459 e. The van der Waals surface area contributed by atoms with Crippen molar-refractivity contribution in [2.75, 3.05) is 0 Å². The second-order valence-electron chi connectivity index (χ2n) is 5.39. The smallest absolute Gasteiger partial charge is 0.342 e. The Bertz CT molecular complexity index is 889. The Morgan fingerprint density at radius 1 is 1.35 bits per heavy atom. The van der Waals surface area contributed by atoms with E-state index in [0.29, 0.717) is 16.4 Å². The third-order valence-electron chi connectivity index (χ3n) is 3.30. The summed E-state index contributed by atoms with van der Waals surface area (Å²) in [5.74, 6) is -0.450. The molecule has 0 radical (unpaired) electrons. The molecule has 3 aromatic heterocycles. The van der Waals surface area contributed by atoms with Crippen LogP contribution >= 0.6 is 11.6 Å². The number of hydrogen-bond donors (Lipinski definition) is 0. The highest BCUT2D eigenvalue weighted by atomic mass is 35.5. The number of rotatable bonds is 3. The number of ether oxygens (including phenoxy) is 1. The first kappa shape index (κ1) is 15.4. The molecule has 0 amide bonds. The molecule has 0 aliphatic carbocycles. The zero-order valence-corrected chi connectivity index (χ0v) is 13.7. The normalized spacial score (nSPS) is 11.2. The predicted octanol–water partition coefficient (Wildman–Crippen LogP) is 3.32. The summed E-state index contributed by atoms with van der Waals surface area (Å²) < 4.78 is 6.99. The first-order valence-corrected chi connectivity index (χ1v) is 7.51.